The Morgan fingerprint density at radius 1 is 0.857 bits per heavy atom. The predicted octanol–water partition coefficient (Wildman–Crippen LogP) is 8.09. The van der Waals surface area contributed by atoms with Crippen LogP contribution in [0.1, 0.15) is 125 Å². The van der Waals surface area contributed by atoms with Gasteiger partial charge in [-0.3, -0.25) is 4.79 Å². The molecule has 2 N–H and O–H groups in total. The molecule has 2 saturated heterocycles. The topological polar surface area (TPSA) is 59.6 Å². The zero-order chi connectivity index (χ0) is 31.9. The minimum absolute atomic E-state index is 0.0194. The van der Waals surface area contributed by atoms with Crippen molar-refractivity contribution in [2.24, 2.45) is 5.41 Å². The molecular weight excluding hydrogens is 520 g/mol. The highest BCUT2D eigenvalue weighted by Gasteiger charge is 2.49. The summed E-state index contributed by atoms with van der Waals surface area (Å²) >= 11 is 0. The van der Waals surface area contributed by atoms with Crippen molar-refractivity contribution in [3.8, 4) is 0 Å². The monoisotopic (exact) mass is 580 g/mol. The van der Waals surface area contributed by atoms with Gasteiger partial charge in [-0.25, -0.2) is 0 Å². The van der Waals surface area contributed by atoms with Crippen LogP contribution >= 0.6 is 0 Å². The van der Waals surface area contributed by atoms with Crippen LogP contribution in [0.5, 0.6) is 0 Å². The Morgan fingerprint density at radius 2 is 1.31 bits per heavy atom. The lowest BCUT2D eigenvalue weighted by atomic mass is 9.74. The van der Waals surface area contributed by atoms with Gasteiger partial charge in [0.05, 0.1) is 0 Å². The fourth-order valence-corrected chi connectivity index (χ4v) is 7.75. The summed E-state index contributed by atoms with van der Waals surface area (Å²) in [4.78, 5) is 14.6. The molecule has 3 rings (SSSR count). The fraction of sp³-hybridized carbons (Fsp3) is 0.703. The molecular formula is C37H60N2O3. The van der Waals surface area contributed by atoms with E-state index in [1.54, 1.807) is 0 Å². The van der Waals surface area contributed by atoms with E-state index in [-0.39, 0.29) is 45.7 Å². The SMILES string of the molecule is C=CCC(Cc1cc(C)cc(C(C)(C)C)c1)(C(=C)OC1CC(C)(C)NC(C)(C)C1)C(=O)OC1CC(C)(C)NC(C)(C)C1. The minimum Gasteiger partial charge on any atom is -0.494 e. The van der Waals surface area contributed by atoms with Crippen LogP contribution in [-0.2, 0) is 26.1 Å². The number of carbonyl (C=O) groups is 1. The molecule has 236 valence electrons. The van der Waals surface area contributed by atoms with E-state index in [2.05, 4.69) is 125 Å². The van der Waals surface area contributed by atoms with Gasteiger partial charge in [0, 0.05) is 47.8 Å². The first-order chi connectivity index (χ1) is 19.0. The first-order valence-corrected chi connectivity index (χ1v) is 15.8. The van der Waals surface area contributed by atoms with E-state index < -0.39 is 5.41 Å². The van der Waals surface area contributed by atoms with Gasteiger partial charge in [0.25, 0.3) is 0 Å². The molecule has 42 heavy (non-hydrogen) atoms. The number of piperidine rings is 2. The van der Waals surface area contributed by atoms with Gasteiger partial charge in [-0.15, -0.1) is 6.58 Å². The van der Waals surface area contributed by atoms with Crippen molar-refractivity contribution >= 4 is 5.97 Å². The van der Waals surface area contributed by atoms with Crippen molar-refractivity contribution in [3.05, 3.63) is 59.9 Å². The van der Waals surface area contributed by atoms with Crippen LogP contribution in [0.25, 0.3) is 0 Å². The molecule has 2 aliphatic heterocycles. The number of hydrogen-bond donors (Lipinski definition) is 2. The van der Waals surface area contributed by atoms with E-state index in [0.29, 0.717) is 18.6 Å². The van der Waals surface area contributed by atoms with Gasteiger partial charge in [-0.1, -0.05) is 57.2 Å². The molecule has 1 aromatic rings. The van der Waals surface area contributed by atoms with Crippen LogP contribution in [0.4, 0.5) is 0 Å². The van der Waals surface area contributed by atoms with Crippen molar-refractivity contribution in [2.45, 2.75) is 161 Å². The van der Waals surface area contributed by atoms with E-state index in [0.717, 1.165) is 31.2 Å². The molecule has 2 heterocycles. The van der Waals surface area contributed by atoms with Gasteiger partial charge in [0.15, 0.2) is 0 Å². The molecule has 0 bridgehead atoms. The van der Waals surface area contributed by atoms with E-state index in [1.807, 2.05) is 6.08 Å². The van der Waals surface area contributed by atoms with Crippen molar-refractivity contribution < 1.29 is 14.3 Å². The lowest BCUT2D eigenvalue weighted by molar-refractivity contribution is -0.166. The number of rotatable bonds is 9. The van der Waals surface area contributed by atoms with Crippen molar-refractivity contribution in [2.75, 3.05) is 0 Å². The van der Waals surface area contributed by atoms with Gasteiger partial charge in [-0.2, -0.15) is 0 Å². The molecule has 0 radical (unpaired) electrons. The molecule has 0 spiro atoms. The number of aryl methyl sites for hydroxylation is 1. The second-order valence-corrected chi connectivity index (χ2v) is 17.0. The average molecular weight is 581 g/mol. The Balaban J connectivity index is 2.05. The Bertz CT molecular complexity index is 1080. The van der Waals surface area contributed by atoms with E-state index >= 15 is 0 Å². The second-order valence-electron chi connectivity index (χ2n) is 17.0. The Kier molecular flexibility index (Phi) is 9.63. The highest BCUT2D eigenvalue weighted by molar-refractivity contribution is 5.81. The summed E-state index contributed by atoms with van der Waals surface area (Å²) in [5.41, 5.74) is 1.90. The zero-order valence-electron chi connectivity index (χ0n) is 28.8. The summed E-state index contributed by atoms with van der Waals surface area (Å²) < 4.78 is 13.3. The summed E-state index contributed by atoms with van der Waals surface area (Å²) in [5, 5.41) is 7.44. The van der Waals surface area contributed by atoms with Crippen LogP contribution in [-0.4, -0.2) is 40.3 Å². The largest absolute Gasteiger partial charge is 0.494 e. The predicted molar refractivity (Wildman–Crippen MR) is 176 cm³/mol. The van der Waals surface area contributed by atoms with E-state index in [1.165, 1.54) is 11.1 Å². The number of carbonyl (C=O) groups excluding carboxylic acids is 1. The summed E-state index contributed by atoms with van der Waals surface area (Å²) in [5.74, 6) is 0.217. The van der Waals surface area contributed by atoms with Gasteiger partial charge < -0.3 is 20.1 Å². The van der Waals surface area contributed by atoms with E-state index in [9.17, 15) is 4.79 Å². The lowest BCUT2D eigenvalue weighted by Gasteiger charge is -2.48. The first kappa shape index (κ1) is 34.4. The molecule has 1 unspecified atom stereocenters. The lowest BCUT2D eigenvalue weighted by Crippen LogP contribution is -2.60. The number of nitrogens with one attached hydrogen (secondary N) is 2. The Morgan fingerprint density at radius 3 is 1.74 bits per heavy atom. The van der Waals surface area contributed by atoms with Gasteiger partial charge in [0.1, 0.15) is 23.4 Å². The van der Waals surface area contributed by atoms with Crippen LogP contribution in [0.3, 0.4) is 0 Å². The maximum Gasteiger partial charge on any atom is 0.320 e. The zero-order valence-corrected chi connectivity index (χ0v) is 28.8. The Hall–Kier alpha value is -2.11. The normalized spacial score (nSPS) is 23.4. The van der Waals surface area contributed by atoms with Gasteiger partial charge in [-0.05, 0) is 91.7 Å². The quantitative estimate of drug-likeness (QED) is 0.176. The van der Waals surface area contributed by atoms with Crippen molar-refractivity contribution in [3.63, 3.8) is 0 Å². The van der Waals surface area contributed by atoms with Gasteiger partial charge in [0.2, 0.25) is 0 Å². The third kappa shape index (κ3) is 8.72. The Labute approximate surface area is 257 Å². The van der Waals surface area contributed by atoms with Crippen molar-refractivity contribution in [1.82, 2.24) is 10.6 Å². The standard InChI is InChI=1S/C37H60N2O3/c1-15-16-37(20-27-17-25(2)18-28(19-27)32(4,5)6,26(3)41-29-21-33(7,8)38-34(9,10)22-29)31(40)42-30-23-35(11,12)39-36(13,14)24-30/h15,17-19,29-30,38-39H,1,3,16,20-24H2,2,4-14H3. The highest BCUT2D eigenvalue weighted by Crippen LogP contribution is 2.43. The fourth-order valence-electron chi connectivity index (χ4n) is 7.75. The maximum atomic E-state index is 14.6. The summed E-state index contributed by atoms with van der Waals surface area (Å²) in [6, 6.07) is 6.65. The number of esters is 1. The minimum atomic E-state index is -1.09. The molecule has 0 aliphatic carbocycles. The second kappa shape index (κ2) is 11.8. The molecule has 0 amide bonds. The molecule has 1 atom stereocenters. The highest BCUT2D eigenvalue weighted by atomic mass is 16.6. The van der Waals surface area contributed by atoms with Crippen LogP contribution in [0, 0.1) is 12.3 Å². The smallest absolute Gasteiger partial charge is 0.320 e. The third-order valence-electron chi connectivity index (χ3n) is 8.81. The summed E-state index contributed by atoms with van der Waals surface area (Å²) in [6.45, 7) is 34.9. The summed E-state index contributed by atoms with van der Waals surface area (Å²) in [7, 11) is 0. The molecule has 5 nitrogen and oxygen atoms in total. The number of hydrogen-bond acceptors (Lipinski definition) is 5. The molecule has 2 fully saturated rings. The van der Waals surface area contributed by atoms with Gasteiger partial charge >= 0.3 is 5.97 Å². The first-order valence-electron chi connectivity index (χ1n) is 15.8. The summed E-state index contributed by atoms with van der Waals surface area (Å²) in [6.07, 6.45) is 5.51. The molecule has 2 aliphatic rings. The van der Waals surface area contributed by atoms with Crippen LogP contribution < -0.4 is 10.6 Å². The number of benzene rings is 1. The van der Waals surface area contributed by atoms with Crippen molar-refractivity contribution in [1.29, 1.82) is 0 Å². The van der Waals surface area contributed by atoms with Crippen LogP contribution in [0.15, 0.2) is 43.2 Å². The number of ether oxygens (including phenoxy) is 2. The molecule has 0 saturated carbocycles. The average Bonchev–Trinajstić information content (AvgIpc) is 2.73. The van der Waals surface area contributed by atoms with Crippen LogP contribution in [0.2, 0.25) is 0 Å². The van der Waals surface area contributed by atoms with E-state index in [4.69, 9.17) is 9.47 Å². The molecule has 1 aromatic carbocycles. The maximum absolute atomic E-state index is 14.6. The molecule has 0 aromatic heterocycles. The third-order valence-corrected chi connectivity index (χ3v) is 8.81. The molecule has 5 heteroatoms. The number of allylic oxidation sites excluding steroid dienone is 1.